The molecule has 0 saturated carbocycles. The normalized spacial score (nSPS) is 11.9. The summed E-state index contributed by atoms with van der Waals surface area (Å²) in [5.74, 6) is -0.566. The molecule has 0 N–H and O–H groups in total. The second kappa shape index (κ2) is 11.1. The van der Waals surface area contributed by atoms with Crippen LogP contribution in [0, 0.1) is 0 Å². The van der Waals surface area contributed by atoms with Crippen molar-refractivity contribution in [1.82, 2.24) is 4.90 Å². The molecule has 8 nitrogen and oxygen atoms in total. The summed E-state index contributed by atoms with van der Waals surface area (Å²) in [6, 6.07) is 21.4. The lowest BCUT2D eigenvalue weighted by atomic mass is 10.1. The summed E-state index contributed by atoms with van der Waals surface area (Å²) in [6.45, 7) is 1.41. The molecule has 9 heteroatoms. The van der Waals surface area contributed by atoms with E-state index in [0.29, 0.717) is 11.4 Å². The molecule has 3 rings (SSSR count). The zero-order valence-electron chi connectivity index (χ0n) is 20.0. The summed E-state index contributed by atoms with van der Waals surface area (Å²) in [5.41, 5.74) is 1.41. The number of benzene rings is 3. The first-order valence-electron chi connectivity index (χ1n) is 10.9. The minimum Gasteiger partial charge on any atom is -0.497 e. The molecule has 3 aromatic carbocycles. The number of likely N-dealkylation sites (N-methyl/N-ethyl adjacent to an activating group) is 1. The van der Waals surface area contributed by atoms with E-state index in [1.54, 1.807) is 31.3 Å². The Morgan fingerprint density at radius 2 is 1.57 bits per heavy atom. The van der Waals surface area contributed by atoms with Crippen LogP contribution in [-0.4, -0.2) is 53.0 Å². The van der Waals surface area contributed by atoms with Crippen LogP contribution in [0.1, 0.15) is 28.9 Å². The number of ether oxygens (including phenoxy) is 2. The van der Waals surface area contributed by atoms with Crippen molar-refractivity contribution in [2.75, 3.05) is 32.1 Å². The van der Waals surface area contributed by atoms with Gasteiger partial charge in [0.05, 0.1) is 29.3 Å². The van der Waals surface area contributed by atoms with E-state index < -0.39 is 22.6 Å². The highest BCUT2D eigenvalue weighted by Crippen LogP contribution is 2.25. The smallest absolute Gasteiger partial charge is 0.338 e. The topological polar surface area (TPSA) is 93.2 Å². The first kappa shape index (κ1) is 25.8. The lowest BCUT2D eigenvalue weighted by molar-refractivity contribution is -0.135. The predicted molar refractivity (Wildman–Crippen MR) is 133 cm³/mol. The van der Waals surface area contributed by atoms with E-state index in [9.17, 15) is 18.0 Å². The molecule has 3 aromatic rings. The van der Waals surface area contributed by atoms with Crippen molar-refractivity contribution in [2.45, 2.75) is 17.9 Å². The van der Waals surface area contributed by atoms with Crippen molar-refractivity contribution in [2.24, 2.45) is 0 Å². The fourth-order valence-corrected chi connectivity index (χ4v) is 4.60. The molecule has 0 saturated heterocycles. The van der Waals surface area contributed by atoms with Gasteiger partial charge in [-0.15, -0.1) is 0 Å². The molecule has 0 aromatic heterocycles. The van der Waals surface area contributed by atoms with Crippen molar-refractivity contribution in [1.29, 1.82) is 0 Å². The molecule has 1 atom stereocenters. The number of anilines is 1. The lowest BCUT2D eigenvalue weighted by Gasteiger charge is -2.25. The van der Waals surface area contributed by atoms with Gasteiger partial charge in [-0.1, -0.05) is 36.4 Å². The fraction of sp³-hybridized carbons (Fsp3) is 0.231. The molecular weight excluding hydrogens is 468 g/mol. The molecule has 0 bridgehead atoms. The number of carbonyl (C=O) groups is 2. The molecule has 0 aliphatic rings. The van der Waals surface area contributed by atoms with Gasteiger partial charge in [0.15, 0.2) is 6.61 Å². The predicted octanol–water partition coefficient (Wildman–Crippen LogP) is 3.90. The second-order valence-electron chi connectivity index (χ2n) is 7.87. The SMILES string of the molecule is COc1ccc(N(C)S(=O)(=O)c2cccc(C(=O)OCC(=O)N(C)C(C)c3ccccc3)c2)cc1. The van der Waals surface area contributed by atoms with Crippen LogP contribution in [0.15, 0.2) is 83.8 Å². The summed E-state index contributed by atoms with van der Waals surface area (Å²) in [6.07, 6.45) is 0. The van der Waals surface area contributed by atoms with E-state index >= 15 is 0 Å². The van der Waals surface area contributed by atoms with E-state index in [0.717, 1.165) is 9.87 Å². The molecule has 0 spiro atoms. The summed E-state index contributed by atoms with van der Waals surface area (Å²) in [7, 11) is 0.635. The van der Waals surface area contributed by atoms with Crippen LogP contribution < -0.4 is 9.04 Å². The fourth-order valence-electron chi connectivity index (χ4n) is 3.36. The Labute approximate surface area is 205 Å². The van der Waals surface area contributed by atoms with Gasteiger partial charge in [0.2, 0.25) is 0 Å². The minimum absolute atomic E-state index is 0.0285. The van der Waals surface area contributed by atoms with Crippen molar-refractivity contribution in [3.05, 3.63) is 90.0 Å². The second-order valence-corrected chi connectivity index (χ2v) is 9.84. The Morgan fingerprint density at radius 3 is 2.20 bits per heavy atom. The molecule has 1 unspecified atom stereocenters. The molecule has 0 radical (unpaired) electrons. The summed E-state index contributed by atoms with van der Waals surface area (Å²) < 4.78 is 37.6. The zero-order chi connectivity index (χ0) is 25.6. The maximum Gasteiger partial charge on any atom is 0.338 e. The number of amides is 1. The highest BCUT2D eigenvalue weighted by Gasteiger charge is 2.24. The van der Waals surface area contributed by atoms with Gasteiger partial charge in [-0.05, 0) is 55.0 Å². The van der Waals surface area contributed by atoms with Crippen LogP contribution in [0.2, 0.25) is 0 Å². The van der Waals surface area contributed by atoms with E-state index in [-0.39, 0.29) is 22.4 Å². The number of sulfonamides is 1. The van der Waals surface area contributed by atoms with Gasteiger partial charge >= 0.3 is 5.97 Å². The van der Waals surface area contributed by atoms with Crippen molar-refractivity contribution in [3.8, 4) is 5.75 Å². The van der Waals surface area contributed by atoms with Crippen LogP contribution >= 0.6 is 0 Å². The van der Waals surface area contributed by atoms with Gasteiger partial charge < -0.3 is 14.4 Å². The first-order valence-corrected chi connectivity index (χ1v) is 12.3. The number of esters is 1. The Bertz CT molecular complexity index is 1280. The average Bonchev–Trinajstić information content (AvgIpc) is 2.90. The molecule has 0 fully saturated rings. The monoisotopic (exact) mass is 496 g/mol. The molecular formula is C26H28N2O6S. The van der Waals surface area contributed by atoms with Crippen LogP contribution in [-0.2, 0) is 19.6 Å². The molecule has 1 amide bonds. The maximum atomic E-state index is 13.1. The molecule has 0 heterocycles. The summed E-state index contributed by atoms with van der Waals surface area (Å²) >= 11 is 0. The van der Waals surface area contributed by atoms with Gasteiger partial charge in [-0.25, -0.2) is 13.2 Å². The summed E-state index contributed by atoms with van der Waals surface area (Å²) in [4.78, 5) is 26.6. The largest absolute Gasteiger partial charge is 0.497 e. The molecule has 184 valence electrons. The Morgan fingerprint density at radius 1 is 0.914 bits per heavy atom. The standard InChI is InChI=1S/C26H28N2O6S/c1-19(20-9-6-5-7-10-20)27(2)25(29)18-34-26(30)21-11-8-12-24(17-21)35(31,32)28(3)22-13-15-23(33-4)16-14-22/h5-17,19H,18H2,1-4H3. The van der Waals surface area contributed by atoms with Crippen LogP contribution in [0.5, 0.6) is 5.75 Å². The van der Waals surface area contributed by atoms with Crippen LogP contribution in [0.25, 0.3) is 0 Å². The molecule has 0 aliphatic carbocycles. The first-order chi connectivity index (χ1) is 16.6. The highest BCUT2D eigenvalue weighted by molar-refractivity contribution is 7.92. The van der Waals surface area contributed by atoms with E-state index in [2.05, 4.69) is 0 Å². The van der Waals surface area contributed by atoms with Crippen LogP contribution in [0.4, 0.5) is 5.69 Å². The zero-order valence-corrected chi connectivity index (χ0v) is 20.9. The number of hydrogen-bond acceptors (Lipinski definition) is 6. The molecule has 0 aliphatic heterocycles. The highest BCUT2D eigenvalue weighted by atomic mass is 32.2. The Kier molecular flexibility index (Phi) is 8.14. The van der Waals surface area contributed by atoms with E-state index in [1.807, 2.05) is 37.3 Å². The third-order valence-corrected chi connectivity index (χ3v) is 7.53. The molecule has 35 heavy (non-hydrogen) atoms. The number of carbonyl (C=O) groups excluding carboxylic acids is 2. The van der Waals surface area contributed by atoms with Crippen molar-refractivity contribution < 1.29 is 27.5 Å². The number of methoxy groups -OCH3 is 1. The number of rotatable bonds is 9. The Balaban J connectivity index is 1.68. The summed E-state index contributed by atoms with van der Waals surface area (Å²) in [5, 5.41) is 0. The van der Waals surface area contributed by atoms with Gasteiger partial charge in [0.25, 0.3) is 15.9 Å². The van der Waals surface area contributed by atoms with Crippen molar-refractivity contribution in [3.63, 3.8) is 0 Å². The number of nitrogens with zero attached hydrogens (tertiary/aromatic N) is 2. The quantitative estimate of drug-likeness (QED) is 0.417. The minimum atomic E-state index is -3.94. The average molecular weight is 497 g/mol. The lowest BCUT2D eigenvalue weighted by Crippen LogP contribution is -2.33. The maximum absolute atomic E-state index is 13.1. The van der Waals surface area contributed by atoms with Gasteiger partial charge in [-0.3, -0.25) is 9.10 Å². The van der Waals surface area contributed by atoms with Gasteiger partial charge in [0.1, 0.15) is 5.75 Å². The third-order valence-electron chi connectivity index (χ3n) is 5.75. The third kappa shape index (κ3) is 5.99. The Hall–Kier alpha value is -3.85. The number of hydrogen-bond donors (Lipinski definition) is 0. The van der Waals surface area contributed by atoms with E-state index in [4.69, 9.17) is 9.47 Å². The van der Waals surface area contributed by atoms with Crippen LogP contribution in [0.3, 0.4) is 0 Å². The van der Waals surface area contributed by atoms with Gasteiger partial charge in [0, 0.05) is 14.1 Å². The van der Waals surface area contributed by atoms with E-state index in [1.165, 1.54) is 43.3 Å². The van der Waals surface area contributed by atoms with Crippen molar-refractivity contribution >= 4 is 27.6 Å². The van der Waals surface area contributed by atoms with Gasteiger partial charge in [-0.2, -0.15) is 0 Å².